The maximum absolute atomic E-state index is 13.3. The summed E-state index contributed by atoms with van der Waals surface area (Å²) in [7, 11) is 2.78. The predicted molar refractivity (Wildman–Crippen MR) is 120 cm³/mol. The number of nitrogens with zero attached hydrogens (tertiary/aromatic N) is 2. The Morgan fingerprint density at radius 2 is 1.78 bits per heavy atom. The monoisotopic (exact) mass is 438 g/mol. The molecule has 0 saturated carbocycles. The minimum absolute atomic E-state index is 0.286. The summed E-state index contributed by atoms with van der Waals surface area (Å²) in [6, 6.07) is 14.2. The van der Waals surface area contributed by atoms with Gasteiger partial charge in [0, 0.05) is 16.1 Å². The van der Waals surface area contributed by atoms with E-state index in [9.17, 15) is 19.7 Å². The van der Waals surface area contributed by atoms with Crippen LogP contribution in [0, 0.1) is 16.0 Å². The van der Waals surface area contributed by atoms with Gasteiger partial charge in [-0.05, 0) is 43.0 Å². The van der Waals surface area contributed by atoms with Crippen LogP contribution in [0.25, 0.3) is 5.57 Å². The first-order valence-electron chi connectivity index (χ1n) is 10.3. The van der Waals surface area contributed by atoms with Crippen LogP contribution in [0.1, 0.15) is 37.3 Å². The first kappa shape index (κ1) is 23.0. The zero-order chi connectivity index (χ0) is 23.4. The molecule has 8 heteroatoms. The number of imide groups is 1. The van der Waals surface area contributed by atoms with Gasteiger partial charge in [-0.2, -0.15) is 0 Å². The van der Waals surface area contributed by atoms with Gasteiger partial charge in [0.25, 0.3) is 5.91 Å². The minimum atomic E-state index is -0.768. The van der Waals surface area contributed by atoms with Crippen molar-refractivity contribution in [3.05, 3.63) is 75.3 Å². The smallest absolute Gasteiger partial charge is 0.421 e. The second-order valence-corrected chi connectivity index (χ2v) is 7.60. The molecule has 0 aliphatic carbocycles. The number of allylic oxidation sites excluding steroid dienone is 1. The quantitative estimate of drug-likeness (QED) is 0.354. The van der Waals surface area contributed by atoms with Crippen molar-refractivity contribution < 1.29 is 24.0 Å². The molecule has 0 fully saturated rings. The standard InChI is InChI=1S/C24H26N2O6/c1-5-18(20(14-25(29)30)16-10-12-17(31-3)13-11-16)15(2)22-19-8-6-7-9-21(19)26(23(22)27)24(28)32-4/h6-13,18,20H,5,14H2,1-4H3/b22-15-/t18-,20-/m0/s1. The maximum Gasteiger partial charge on any atom is 0.421 e. The molecular weight excluding hydrogens is 412 g/mol. The Morgan fingerprint density at radius 3 is 2.34 bits per heavy atom. The fourth-order valence-electron chi connectivity index (χ4n) is 4.42. The van der Waals surface area contributed by atoms with Crippen LogP contribution in [0.2, 0.25) is 0 Å². The lowest BCUT2D eigenvalue weighted by Gasteiger charge is -2.26. The number of benzene rings is 2. The third kappa shape index (κ3) is 4.21. The van der Waals surface area contributed by atoms with Gasteiger partial charge in [-0.25, -0.2) is 9.69 Å². The number of carbonyl (C=O) groups excluding carboxylic acids is 2. The molecule has 1 heterocycles. The number of nitro groups is 1. The molecule has 0 aromatic heterocycles. The summed E-state index contributed by atoms with van der Waals surface area (Å²) in [5, 5.41) is 11.5. The molecule has 0 radical (unpaired) electrons. The predicted octanol–water partition coefficient (Wildman–Crippen LogP) is 4.67. The fraction of sp³-hybridized carbons (Fsp3) is 0.333. The highest BCUT2D eigenvalue weighted by Crippen LogP contribution is 2.43. The van der Waals surface area contributed by atoms with Crippen LogP contribution in [0.4, 0.5) is 10.5 Å². The first-order valence-corrected chi connectivity index (χ1v) is 10.3. The lowest BCUT2D eigenvalue weighted by molar-refractivity contribution is -0.484. The molecule has 1 aliphatic heterocycles. The fourth-order valence-corrected chi connectivity index (χ4v) is 4.42. The second kappa shape index (κ2) is 9.64. The van der Waals surface area contributed by atoms with Gasteiger partial charge < -0.3 is 9.47 Å². The Labute approximate surface area is 186 Å². The van der Waals surface area contributed by atoms with Crippen molar-refractivity contribution in [2.75, 3.05) is 25.7 Å². The van der Waals surface area contributed by atoms with E-state index in [0.29, 0.717) is 34.6 Å². The Balaban J connectivity index is 2.13. The summed E-state index contributed by atoms with van der Waals surface area (Å²) in [5.74, 6) is -0.576. The molecule has 2 aromatic rings. The van der Waals surface area contributed by atoms with Crippen molar-refractivity contribution in [3.8, 4) is 5.75 Å². The van der Waals surface area contributed by atoms with Crippen LogP contribution in [0.15, 0.2) is 54.1 Å². The van der Waals surface area contributed by atoms with Gasteiger partial charge in [0.2, 0.25) is 6.54 Å². The molecule has 0 unspecified atom stereocenters. The molecule has 0 spiro atoms. The molecule has 0 bridgehead atoms. The summed E-state index contributed by atoms with van der Waals surface area (Å²) >= 11 is 0. The highest BCUT2D eigenvalue weighted by molar-refractivity contribution is 6.39. The number of para-hydroxylation sites is 1. The third-order valence-electron chi connectivity index (χ3n) is 5.95. The van der Waals surface area contributed by atoms with E-state index in [1.807, 2.05) is 26.0 Å². The van der Waals surface area contributed by atoms with Crippen LogP contribution in [0.3, 0.4) is 0 Å². The van der Waals surface area contributed by atoms with Crippen LogP contribution in [0.5, 0.6) is 5.75 Å². The van der Waals surface area contributed by atoms with Gasteiger partial charge in [0.15, 0.2) is 0 Å². The van der Waals surface area contributed by atoms with Crippen molar-refractivity contribution in [3.63, 3.8) is 0 Å². The average molecular weight is 438 g/mol. The van der Waals surface area contributed by atoms with Gasteiger partial charge in [-0.15, -0.1) is 0 Å². The number of anilines is 1. The Kier molecular flexibility index (Phi) is 6.92. The van der Waals surface area contributed by atoms with E-state index in [1.165, 1.54) is 7.11 Å². The second-order valence-electron chi connectivity index (χ2n) is 7.60. The van der Waals surface area contributed by atoms with E-state index >= 15 is 0 Å². The summed E-state index contributed by atoms with van der Waals surface area (Å²) < 4.78 is 10.0. The van der Waals surface area contributed by atoms with Crippen molar-refractivity contribution in [2.24, 2.45) is 5.92 Å². The average Bonchev–Trinajstić information content (AvgIpc) is 3.09. The van der Waals surface area contributed by atoms with Gasteiger partial charge in [0.05, 0.1) is 25.8 Å². The zero-order valence-corrected chi connectivity index (χ0v) is 18.5. The van der Waals surface area contributed by atoms with Crippen LogP contribution in [-0.2, 0) is 9.53 Å². The van der Waals surface area contributed by atoms with Crippen LogP contribution < -0.4 is 9.64 Å². The summed E-state index contributed by atoms with van der Waals surface area (Å²) in [6.07, 6.45) is -0.191. The van der Waals surface area contributed by atoms with Gasteiger partial charge in [0.1, 0.15) is 5.75 Å². The number of ether oxygens (including phenoxy) is 2. The van der Waals surface area contributed by atoms with E-state index in [0.717, 1.165) is 10.5 Å². The van der Waals surface area contributed by atoms with Crippen LogP contribution >= 0.6 is 0 Å². The molecule has 1 aliphatic rings. The van der Waals surface area contributed by atoms with E-state index in [1.54, 1.807) is 43.5 Å². The molecule has 3 rings (SSSR count). The molecular formula is C24H26N2O6. The van der Waals surface area contributed by atoms with Crippen molar-refractivity contribution in [1.29, 1.82) is 0 Å². The summed E-state index contributed by atoms with van der Waals surface area (Å²) in [6.45, 7) is 3.47. The van der Waals surface area contributed by atoms with E-state index in [4.69, 9.17) is 9.47 Å². The Morgan fingerprint density at radius 1 is 1.12 bits per heavy atom. The third-order valence-corrected chi connectivity index (χ3v) is 5.95. The normalized spacial score (nSPS) is 16.2. The molecule has 0 N–H and O–H groups in total. The number of amides is 2. The zero-order valence-electron chi connectivity index (χ0n) is 18.5. The number of hydrogen-bond donors (Lipinski definition) is 0. The minimum Gasteiger partial charge on any atom is -0.497 e. The van der Waals surface area contributed by atoms with Crippen LogP contribution in [-0.4, -0.2) is 37.7 Å². The van der Waals surface area contributed by atoms with Gasteiger partial charge in [-0.1, -0.05) is 42.8 Å². The largest absolute Gasteiger partial charge is 0.497 e. The number of rotatable bonds is 7. The Hall–Kier alpha value is -3.68. The molecule has 8 nitrogen and oxygen atoms in total. The topological polar surface area (TPSA) is 99.0 Å². The van der Waals surface area contributed by atoms with E-state index in [2.05, 4.69) is 0 Å². The number of fused-ring (bicyclic) bond motifs is 1. The van der Waals surface area contributed by atoms with Crippen molar-refractivity contribution in [1.82, 2.24) is 0 Å². The molecule has 2 atom stereocenters. The Bertz CT molecular complexity index is 1060. The summed E-state index contributed by atoms with van der Waals surface area (Å²) in [4.78, 5) is 37.8. The number of carbonyl (C=O) groups is 2. The summed E-state index contributed by atoms with van der Waals surface area (Å²) in [5.41, 5.74) is 2.95. The first-order chi connectivity index (χ1) is 15.3. The lowest BCUT2D eigenvalue weighted by Crippen LogP contribution is -2.33. The SMILES string of the molecule is CC[C@@H](/C(C)=C1\C(=O)N(C(=O)OC)c2ccccc21)[C@@H](C[N+](=O)[O-])c1ccc(OC)cc1. The molecule has 168 valence electrons. The highest BCUT2D eigenvalue weighted by Gasteiger charge is 2.40. The number of hydrogen-bond acceptors (Lipinski definition) is 6. The lowest BCUT2D eigenvalue weighted by atomic mass is 9.77. The van der Waals surface area contributed by atoms with Gasteiger partial charge in [-0.3, -0.25) is 14.9 Å². The maximum atomic E-state index is 13.3. The van der Waals surface area contributed by atoms with E-state index < -0.39 is 17.9 Å². The molecule has 0 saturated heterocycles. The van der Waals surface area contributed by atoms with Gasteiger partial charge >= 0.3 is 6.09 Å². The van der Waals surface area contributed by atoms with E-state index in [-0.39, 0.29) is 17.4 Å². The molecule has 2 aromatic carbocycles. The molecule has 32 heavy (non-hydrogen) atoms. The number of methoxy groups -OCH3 is 2. The highest BCUT2D eigenvalue weighted by atomic mass is 16.6. The van der Waals surface area contributed by atoms with Crippen molar-refractivity contribution >= 4 is 23.3 Å². The van der Waals surface area contributed by atoms with Crippen molar-refractivity contribution in [2.45, 2.75) is 26.2 Å². The molecule has 2 amide bonds.